The van der Waals surface area contributed by atoms with E-state index >= 15 is 0 Å². The molecular weight excluding hydrogens is 210 g/mol. The van der Waals surface area contributed by atoms with Crippen molar-refractivity contribution in [1.82, 2.24) is 5.32 Å². The lowest BCUT2D eigenvalue weighted by Crippen LogP contribution is -2.28. The van der Waals surface area contributed by atoms with Gasteiger partial charge in [-0.05, 0) is 12.8 Å². The molecule has 0 aliphatic heterocycles. The van der Waals surface area contributed by atoms with Crippen molar-refractivity contribution in [3.05, 3.63) is 0 Å². The zero-order valence-corrected chi connectivity index (χ0v) is 9.41. The number of carbonyl (C=O) groups is 2. The highest BCUT2D eigenvalue weighted by Crippen LogP contribution is 2.20. The molecule has 0 aromatic heterocycles. The molecule has 1 saturated carbocycles. The van der Waals surface area contributed by atoms with Crippen LogP contribution in [-0.4, -0.2) is 36.2 Å². The van der Waals surface area contributed by atoms with Gasteiger partial charge in [-0.25, -0.2) is 0 Å². The summed E-state index contributed by atoms with van der Waals surface area (Å²) in [6, 6.07) is 0. The summed E-state index contributed by atoms with van der Waals surface area (Å²) in [6.07, 6.45) is 4.98. The van der Waals surface area contributed by atoms with Crippen molar-refractivity contribution in [3.8, 4) is 0 Å². The molecule has 0 unspecified atom stereocenters. The van der Waals surface area contributed by atoms with Crippen LogP contribution in [0.25, 0.3) is 0 Å². The van der Waals surface area contributed by atoms with Crippen LogP contribution in [0.1, 0.15) is 38.5 Å². The summed E-state index contributed by atoms with van der Waals surface area (Å²) in [5.41, 5.74) is 0. The predicted octanol–water partition coefficient (Wildman–Crippen LogP) is 0.927. The molecule has 92 valence electrons. The van der Waals surface area contributed by atoms with Gasteiger partial charge in [-0.1, -0.05) is 12.8 Å². The molecule has 1 aliphatic rings. The minimum Gasteiger partial charge on any atom is -0.481 e. The second-order valence-electron chi connectivity index (χ2n) is 4.02. The number of hydrogen-bond acceptors (Lipinski definition) is 3. The summed E-state index contributed by atoms with van der Waals surface area (Å²) >= 11 is 0. The lowest BCUT2D eigenvalue weighted by Gasteiger charge is -2.11. The molecule has 0 aromatic carbocycles. The topological polar surface area (TPSA) is 75.6 Å². The fourth-order valence-corrected chi connectivity index (χ4v) is 1.78. The Hall–Kier alpha value is -1.10. The first kappa shape index (κ1) is 13.0. The van der Waals surface area contributed by atoms with Gasteiger partial charge in [0.15, 0.2) is 0 Å². The number of carbonyl (C=O) groups excluding carboxylic acids is 1. The molecule has 0 heterocycles. The van der Waals surface area contributed by atoms with Gasteiger partial charge in [0, 0.05) is 13.0 Å². The van der Waals surface area contributed by atoms with Gasteiger partial charge >= 0.3 is 5.97 Å². The number of ether oxygens (including phenoxy) is 1. The molecule has 5 heteroatoms. The first-order chi connectivity index (χ1) is 7.68. The van der Waals surface area contributed by atoms with Crippen molar-refractivity contribution in [2.24, 2.45) is 0 Å². The van der Waals surface area contributed by atoms with Crippen LogP contribution in [0.5, 0.6) is 0 Å². The number of carboxylic acid groups (broad SMARTS) is 1. The first-order valence-electron chi connectivity index (χ1n) is 5.78. The maximum Gasteiger partial charge on any atom is 0.303 e. The van der Waals surface area contributed by atoms with Crippen molar-refractivity contribution >= 4 is 11.9 Å². The number of rotatable bonds is 7. The average molecular weight is 229 g/mol. The van der Waals surface area contributed by atoms with E-state index < -0.39 is 5.97 Å². The van der Waals surface area contributed by atoms with Crippen molar-refractivity contribution in [2.75, 3.05) is 13.2 Å². The SMILES string of the molecule is O=C(O)CCC(=O)NCCOC1CCCC1. The molecule has 0 atom stereocenters. The Kier molecular flexibility index (Phi) is 5.85. The third kappa shape index (κ3) is 5.70. The fraction of sp³-hybridized carbons (Fsp3) is 0.818. The number of aliphatic carboxylic acids is 1. The lowest BCUT2D eigenvalue weighted by atomic mass is 10.3. The molecule has 0 spiro atoms. The molecule has 0 bridgehead atoms. The molecule has 0 saturated heterocycles. The van der Waals surface area contributed by atoms with E-state index in [2.05, 4.69) is 5.32 Å². The molecule has 0 radical (unpaired) electrons. The van der Waals surface area contributed by atoms with Gasteiger partial charge in [0.25, 0.3) is 0 Å². The highest BCUT2D eigenvalue weighted by Gasteiger charge is 2.14. The summed E-state index contributed by atoms with van der Waals surface area (Å²) in [5.74, 6) is -1.17. The number of hydrogen-bond donors (Lipinski definition) is 2. The smallest absolute Gasteiger partial charge is 0.303 e. The van der Waals surface area contributed by atoms with Crippen LogP contribution in [0.2, 0.25) is 0 Å². The Morgan fingerprint density at radius 3 is 2.56 bits per heavy atom. The summed E-state index contributed by atoms with van der Waals surface area (Å²) in [6.45, 7) is 0.985. The Morgan fingerprint density at radius 1 is 1.25 bits per heavy atom. The number of nitrogens with one attached hydrogen (secondary N) is 1. The standard InChI is InChI=1S/C11H19NO4/c13-10(5-6-11(14)15)12-7-8-16-9-3-1-2-4-9/h9H,1-8H2,(H,12,13)(H,14,15). The zero-order valence-electron chi connectivity index (χ0n) is 9.41. The highest BCUT2D eigenvalue weighted by atomic mass is 16.5. The summed E-state index contributed by atoms with van der Waals surface area (Å²) in [7, 11) is 0. The van der Waals surface area contributed by atoms with Crippen molar-refractivity contribution in [2.45, 2.75) is 44.6 Å². The van der Waals surface area contributed by atoms with E-state index in [1.165, 1.54) is 12.8 Å². The van der Waals surface area contributed by atoms with Crippen LogP contribution < -0.4 is 5.32 Å². The average Bonchev–Trinajstić information content (AvgIpc) is 2.74. The van der Waals surface area contributed by atoms with E-state index in [0.29, 0.717) is 19.3 Å². The lowest BCUT2D eigenvalue weighted by molar-refractivity contribution is -0.138. The largest absolute Gasteiger partial charge is 0.481 e. The van der Waals surface area contributed by atoms with Crippen molar-refractivity contribution in [1.29, 1.82) is 0 Å². The van der Waals surface area contributed by atoms with Crippen molar-refractivity contribution in [3.63, 3.8) is 0 Å². The monoisotopic (exact) mass is 229 g/mol. The van der Waals surface area contributed by atoms with Gasteiger partial charge in [-0.3, -0.25) is 9.59 Å². The highest BCUT2D eigenvalue weighted by molar-refractivity contribution is 5.80. The number of amides is 1. The molecule has 1 aliphatic carbocycles. The minimum atomic E-state index is -0.947. The fourth-order valence-electron chi connectivity index (χ4n) is 1.78. The second-order valence-corrected chi connectivity index (χ2v) is 4.02. The molecule has 2 N–H and O–H groups in total. The summed E-state index contributed by atoms with van der Waals surface area (Å²) in [4.78, 5) is 21.3. The first-order valence-corrected chi connectivity index (χ1v) is 5.78. The van der Waals surface area contributed by atoms with Crippen LogP contribution in [0.4, 0.5) is 0 Å². The molecule has 0 aromatic rings. The van der Waals surface area contributed by atoms with Crippen LogP contribution in [-0.2, 0) is 14.3 Å². The number of carboxylic acids is 1. The molecule has 5 nitrogen and oxygen atoms in total. The Bertz CT molecular complexity index is 236. The van der Waals surface area contributed by atoms with Crippen LogP contribution in [0, 0.1) is 0 Å². The summed E-state index contributed by atoms with van der Waals surface area (Å²) in [5, 5.41) is 11.0. The van der Waals surface area contributed by atoms with Crippen LogP contribution in [0.15, 0.2) is 0 Å². The molecule has 1 rings (SSSR count). The van der Waals surface area contributed by atoms with E-state index in [1.807, 2.05) is 0 Å². The van der Waals surface area contributed by atoms with Crippen molar-refractivity contribution < 1.29 is 19.4 Å². The van der Waals surface area contributed by atoms with Gasteiger partial charge in [0.1, 0.15) is 0 Å². The van der Waals surface area contributed by atoms with Crippen LogP contribution >= 0.6 is 0 Å². The van der Waals surface area contributed by atoms with Crippen LogP contribution in [0.3, 0.4) is 0 Å². The molecule has 16 heavy (non-hydrogen) atoms. The van der Waals surface area contributed by atoms with E-state index in [0.717, 1.165) is 12.8 Å². The Balaban J connectivity index is 1.93. The zero-order chi connectivity index (χ0) is 11.8. The molecule has 1 amide bonds. The maximum atomic E-state index is 11.1. The van der Waals surface area contributed by atoms with Gasteiger partial charge in [0.05, 0.1) is 19.1 Å². The van der Waals surface area contributed by atoms with Gasteiger partial charge in [-0.2, -0.15) is 0 Å². The third-order valence-corrected chi connectivity index (χ3v) is 2.65. The van der Waals surface area contributed by atoms with E-state index in [1.54, 1.807) is 0 Å². The molecular formula is C11H19NO4. The Labute approximate surface area is 95.2 Å². The van der Waals surface area contributed by atoms with Gasteiger partial charge in [0.2, 0.25) is 5.91 Å². The van der Waals surface area contributed by atoms with Gasteiger partial charge < -0.3 is 15.2 Å². The third-order valence-electron chi connectivity index (χ3n) is 2.65. The normalized spacial score (nSPS) is 16.2. The van der Waals surface area contributed by atoms with E-state index in [-0.39, 0.29) is 18.7 Å². The second kappa shape index (κ2) is 7.22. The minimum absolute atomic E-state index is 0.0404. The quantitative estimate of drug-likeness (QED) is 0.637. The summed E-state index contributed by atoms with van der Waals surface area (Å²) < 4.78 is 5.55. The molecule has 1 fully saturated rings. The predicted molar refractivity (Wildman–Crippen MR) is 58.1 cm³/mol. The van der Waals surface area contributed by atoms with E-state index in [9.17, 15) is 9.59 Å². The van der Waals surface area contributed by atoms with Gasteiger partial charge in [-0.15, -0.1) is 0 Å². The Morgan fingerprint density at radius 2 is 1.94 bits per heavy atom. The van der Waals surface area contributed by atoms with E-state index in [4.69, 9.17) is 9.84 Å². The maximum absolute atomic E-state index is 11.1.